The van der Waals surface area contributed by atoms with Gasteiger partial charge in [-0.05, 0) is 61.9 Å². The zero-order chi connectivity index (χ0) is 15.2. The average molecular weight is 287 g/mol. The molecule has 2 rings (SSSR count). The molecule has 21 heavy (non-hydrogen) atoms. The maximum atomic E-state index is 11.5. The van der Waals surface area contributed by atoms with Gasteiger partial charge in [0.15, 0.2) is 0 Å². The number of fused-ring (bicyclic) bond motifs is 1. The second kappa shape index (κ2) is 7.60. The van der Waals surface area contributed by atoms with Crippen LogP contribution in [0.1, 0.15) is 55.7 Å². The van der Waals surface area contributed by atoms with Crippen molar-refractivity contribution in [3.63, 3.8) is 0 Å². The summed E-state index contributed by atoms with van der Waals surface area (Å²) < 4.78 is 0. The summed E-state index contributed by atoms with van der Waals surface area (Å²) in [5, 5.41) is 0. The van der Waals surface area contributed by atoms with Crippen molar-refractivity contribution < 1.29 is 4.79 Å². The van der Waals surface area contributed by atoms with Gasteiger partial charge in [0.25, 0.3) is 0 Å². The first kappa shape index (κ1) is 16.0. The number of hydrogen-bond acceptors (Lipinski definition) is 2. The Bertz CT molecular complexity index is 478. The fourth-order valence-corrected chi connectivity index (χ4v) is 3.24. The molecule has 1 atom stereocenters. The van der Waals surface area contributed by atoms with E-state index in [1.54, 1.807) is 0 Å². The summed E-state index contributed by atoms with van der Waals surface area (Å²) in [5.41, 5.74) is 9.25. The van der Waals surface area contributed by atoms with Crippen LogP contribution in [0.2, 0.25) is 0 Å². The van der Waals surface area contributed by atoms with E-state index in [2.05, 4.69) is 36.9 Å². The smallest absolute Gasteiger partial charge is 0.225 e. The van der Waals surface area contributed by atoms with Crippen LogP contribution in [0.25, 0.3) is 0 Å². The zero-order valence-electron chi connectivity index (χ0n) is 13.3. The maximum Gasteiger partial charge on any atom is 0.225 e. The van der Waals surface area contributed by atoms with E-state index in [1.807, 2.05) is 6.42 Å². The monoisotopic (exact) mass is 287 g/mol. The van der Waals surface area contributed by atoms with E-state index in [1.165, 1.54) is 24.0 Å². The lowest BCUT2D eigenvalue weighted by molar-refractivity contribution is -0.118. The molecule has 1 aliphatic carbocycles. The van der Waals surface area contributed by atoms with E-state index >= 15 is 0 Å². The van der Waals surface area contributed by atoms with Crippen LogP contribution in [0.5, 0.6) is 0 Å². The highest BCUT2D eigenvalue weighted by Crippen LogP contribution is 2.31. The van der Waals surface area contributed by atoms with E-state index < -0.39 is 0 Å². The van der Waals surface area contributed by atoms with Gasteiger partial charge in [-0.3, -0.25) is 9.69 Å². The lowest BCUT2D eigenvalue weighted by Crippen LogP contribution is -2.27. The van der Waals surface area contributed by atoms with Crippen LogP contribution in [0.15, 0.2) is 18.2 Å². The predicted molar refractivity (Wildman–Crippen MR) is 86.9 cm³/mol. The van der Waals surface area contributed by atoms with Crippen LogP contribution in [-0.4, -0.2) is 23.9 Å². The van der Waals surface area contributed by atoms with Crippen molar-refractivity contribution in [2.45, 2.75) is 52.0 Å². The third-order valence-electron chi connectivity index (χ3n) is 4.15. The molecular weight excluding hydrogens is 260 g/mol. The molecule has 0 aromatic heterocycles. The Morgan fingerprint density at radius 2 is 2.00 bits per heavy atom. The highest BCUT2D eigenvalue weighted by Gasteiger charge is 2.24. The molecule has 1 aromatic rings. The molecule has 1 amide bonds. The molecule has 0 spiro atoms. The van der Waals surface area contributed by atoms with Gasteiger partial charge in [0.2, 0.25) is 5.91 Å². The molecule has 0 fully saturated rings. The average Bonchev–Trinajstić information content (AvgIpc) is 2.46. The Kier molecular flexibility index (Phi) is 5.80. The van der Waals surface area contributed by atoms with Crippen molar-refractivity contribution in [3.8, 4) is 0 Å². The fourth-order valence-electron chi connectivity index (χ4n) is 3.24. The normalized spacial score (nSPS) is 17.8. The second-order valence-corrected chi connectivity index (χ2v) is 5.96. The molecule has 0 bridgehead atoms. The molecule has 1 aromatic carbocycles. The number of primary amides is 1. The number of rotatable bonds is 7. The van der Waals surface area contributed by atoms with Gasteiger partial charge in [-0.2, -0.15) is 0 Å². The number of aryl methyl sites for hydroxylation is 1. The van der Waals surface area contributed by atoms with Crippen molar-refractivity contribution in [3.05, 3.63) is 41.3 Å². The van der Waals surface area contributed by atoms with Gasteiger partial charge in [-0.25, -0.2) is 0 Å². The third kappa shape index (κ3) is 4.07. The first-order valence-corrected chi connectivity index (χ1v) is 8.12. The summed E-state index contributed by atoms with van der Waals surface area (Å²) in [6.07, 6.45) is 6.38. The summed E-state index contributed by atoms with van der Waals surface area (Å²) in [7, 11) is 0. The van der Waals surface area contributed by atoms with Gasteiger partial charge in [0.1, 0.15) is 0 Å². The molecule has 3 nitrogen and oxygen atoms in total. The van der Waals surface area contributed by atoms with Crippen LogP contribution >= 0.6 is 0 Å². The molecule has 0 saturated heterocycles. The minimum Gasteiger partial charge on any atom is -0.369 e. The number of carbonyl (C=O) groups excluding carboxylic acids is 1. The second-order valence-electron chi connectivity index (χ2n) is 5.96. The molecular formula is C18H27N2O. The first-order valence-electron chi connectivity index (χ1n) is 8.12. The van der Waals surface area contributed by atoms with Crippen molar-refractivity contribution in [2.24, 2.45) is 5.73 Å². The van der Waals surface area contributed by atoms with Crippen molar-refractivity contribution in [2.75, 3.05) is 13.1 Å². The Balaban J connectivity index is 2.14. The zero-order valence-corrected chi connectivity index (χ0v) is 13.3. The SMILES string of the molecule is CCCN(CCC)Cc1ccc2c(c1)CC[CH]C2C(N)=O. The minimum absolute atomic E-state index is 0.204. The standard InChI is InChI=1S/C18H27N2O/c1-3-10-20(11-4-2)13-14-8-9-16-15(12-14)6-5-7-17(16)18(19)21/h7-9,12,17H,3-6,10-11,13H2,1-2H3,(H2,19,21). The summed E-state index contributed by atoms with van der Waals surface area (Å²) in [5.74, 6) is -0.438. The lowest BCUT2D eigenvalue weighted by atomic mass is 9.81. The molecule has 1 unspecified atom stereocenters. The Hall–Kier alpha value is -1.35. The molecule has 1 aliphatic rings. The summed E-state index contributed by atoms with van der Waals surface area (Å²) in [6.45, 7) is 7.73. The largest absolute Gasteiger partial charge is 0.369 e. The summed E-state index contributed by atoms with van der Waals surface area (Å²) in [6, 6.07) is 6.54. The van der Waals surface area contributed by atoms with Gasteiger partial charge >= 0.3 is 0 Å². The van der Waals surface area contributed by atoms with Gasteiger partial charge in [-0.1, -0.05) is 32.0 Å². The van der Waals surface area contributed by atoms with Gasteiger partial charge in [-0.15, -0.1) is 0 Å². The van der Waals surface area contributed by atoms with Gasteiger partial charge in [0, 0.05) is 6.54 Å². The Labute approximate surface area is 128 Å². The third-order valence-corrected chi connectivity index (χ3v) is 4.15. The maximum absolute atomic E-state index is 11.5. The van der Waals surface area contributed by atoms with Crippen molar-refractivity contribution in [1.82, 2.24) is 4.90 Å². The molecule has 1 radical (unpaired) electrons. The molecule has 0 saturated carbocycles. The number of hydrogen-bond donors (Lipinski definition) is 1. The van der Waals surface area contributed by atoms with Crippen LogP contribution < -0.4 is 5.73 Å². The summed E-state index contributed by atoms with van der Waals surface area (Å²) in [4.78, 5) is 14.0. The highest BCUT2D eigenvalue weighted by atomic mass is 16.1. The minimum atomic E-state index is -0.234. The Morgan fingerprint density at radius 3 is 2.62 bits per heavy atom. The van der Waals surface area contributed by atoms with Gasteiger partial charge in [0.05, 0.1) is 5.92 Å². The number of amides is 1. The van der Waals surface area contributed by atoms with E-state index in [0.29, 0.717) is 0 Å². The number of benzene rings is 1. The van der Waals surface area contributed by atoms with E-state index in [4.69, 9.17) is 5.73 Å². The Morgan fingerprint density at radius 1 is 1.29 bits per heavy atom. The number of carbonyl (C=O) groups is 1. The fraction of sp³-hybridized carbons (Fsp3) is 0.556. The molecule has 0 aliphatic heterocycles. The van der Waals surface area contributed by atoms with Crippen LogP contribution in [-0.2, 0) is 17.8 Å². The molecule has 0 heterocycles. The highest BCUT2D eigenvalue weighted by molar-refractivity contribution is 5.84. The predicted octanol–water partition coefficient (Wildman–Crippen LogP) is 3.03. The van der Waals surface area contributed by atoms with Crippen LogP contribution in [0.3, 0.4) is 0 Å². The number of nitrogens with two attached hydrogens (primary N) is 1. The topological polar surface area (TPSA) is 46.3 Å². The van der Waals surface area contributed by atoms with Crippen molar-refractivity contribution in [1.29, 1.82) is 0 Å². The van der Waals surface area contributed by atoms with Crippen LogP contribution in [0, 0.1) is 6.42 Å². The summed E-state index contributed by atoms with van der Waals surface area (Å²) >= 11 is 0. The van der Waals surface area contributed by atoms with E-state index in [0.717, 1.165) is 38.0 Å². The molecule has 2 N–H and O–H groups in total. The van der Waals surface area contributed by atoms with E-state index in [9.17, 15) is 4.79 Å². The van der Waals surface area contributed by atoms with Crippen LogP contribution in [0.4, 0.5) is 0 Å². The first-order chi connectivity index (χ1) is 10.2. The number of nitrogens with zero attached hydrogens (tertiary/aromatic N) is 1. The quantitative estimate of drug-likeness (QED) is 0.838. The van der Waals surface area contributed by atoms with Gasteiger partial charge < -0.3 is 5.73 Å². The van der Waals surface area contributed by atoms with E-state index in [-0.39, 0.29) is 11.8 Å². The molecule has 3 heteroatoms. The lowest BCUT2D eigenvalue weighted by Gasteiger charge is -2.25. The molecule has 115 valence electrons. The van der Waals surface area contributed by atoms with Crippen molar-refractivity contribution >= 4 is 5.91 Å².